The van der Waals surface area contributed by atoms with Gasteiger partial charge >= 0.3 is 5.97 Å². The van der Waals surface area contributed by atoms with Gasteiger partial charge < -0.3 is 15.0 Å². The van der Waals surface area contributed by atoms with Crippen molar-refractivity contribution in [1.82, 2.24) is 4.57 Å². The van der Waals surface area contributed by atoms with Gasteiger partial charge in [0, 0.05) is 11.9 Å². The first-order valence-electron chi connectivity index (χ1n) is 7.72. The highest BCUT2D eigenvalue weighted by atomic mass is 16.5. The standard InChI is InChI=1S/C20H17N3O2/c1-13-5-3-4-6-17(13)14-7-9-16(10-8-14)23-12-15(11-21)18(22)19(23)20(24)25-2/h3-10,12H,22H2,1-2H3. The van der Waals surface area contributed by atoms with Crippen LogP contribution in [0.3, 0.4) is 0 Å². The Balaban J connectivity index is 2.08. The molecule has 0 unspecified atom stereocenters. The highest BCUT2D eigenvalue weighted by molar-refractivity contribution is 5.96. The van der Waals surface area contributed by atoms with Crippen LogP contribution in [0.2, 0.25) is 0 Å². The van der Waals surface area contributed by atoms with Gasteiger partial charge in [0.15, 0.2) is 5.69 Å². The van der Waals surface area contributed by atoms with Crippen LogP contribution in [0, 0.1) is 18.3 Å². The molecule has 124 valence electrons. The first kappa shape index (κ1) is 16.3. The lowest BCUT2D eigenvalue weighted by atomic mass is 10.0. The van der Waals surface area contributed by atoms with Crippen LogP contribution < -0.4 is 5.73 Å². The van der Waals surface area contributed by atoms with E-state index in [-0.39, 0.29) is 16.9 Å². The van der Waals surface area contributed by atoms with Gasteiger partial charge in [-0.2, -0.15) is 5.26 Å². The predicted molar refractivity (Wildman–Crippen MR) is 96.4 cm³/mol. The maximum absolute atomic E-state index is 12.1. The molecule has 0 aliphatic heterocycles. The third kappa shape index (κ3) is 2.86. The topological polar surface area (TPSA) is 81.0 Å². The molecule has 0 saturated carbocycles. The van der Waals surface area contributed by atoms with E-state index >= 15 is 0 Å². The van der Waals surface area contributed by atoms with Gasteiger partial charge in [-0.3, -0.25) is 0 Å². The van der Waals surface area contributed by atoms with E-state index in [2.05, 4.69) is 19.1 Å². The van der Waals surface area contributed by atoms with Gasteiger partial charge in [-0.05, 0) is 35.7 Å². The lowest BCUT2D eigenvalue weighted by Crippen LogP contribution is -2.11. The van der Waals surface area contributed by atoms with Gasteiger partial charge in [0.05, 0.1) is 18.4 Å². The monoisotopic (exact) mass is 331 g/mol. The summed E-state index contributed by atoms with van der Waals surface area (Å²) in [5.41, 5.74) is 10.6. The van der Waals surface area contributed by atoms with Crippen LogP contribution in [0.1, 0.15) is 21.6 Å². The number of hydrogen-bond donors (Lipinski definition) is 1. The van der Waals surface area contributed by atoms with E-state index in [1.807, 2.05) is 42.5 Å². The number of carbonyl (C=O) groups is 1. The van der Waals surface area contributed by atoms with Crippen LogP contribution >= 0.6 is 0 Å². The number of aryl methyl sites for hydroxylation is 1. The lowest BCUT2D eigenvalue weighted by Gasteiger charge is -2.10. The van der Waals surface area contributed by atoms with E-state index in [0.717, 1.165) is 16.8 Å². The Morgan fingerprint density at radius 1 is 1.16 bits per heavy atom. The zero-order valence-electron chi connectivity index (χ0n) is 14.0. The summed E-state index contributed by atoms with van der Waals surface area (Å²) in [5.74, 6) is -0.581. The number of ether oxygens (including phenoxy) is 1. The molecular formula is C20H17N3O2. The molecule has 3 rings (SSSR count). The van der Waals surface area contributed by atoms with Crippen molar-refractivity contribution < 1.29 is 9.53 Å². The van der Waals surface area contributed by atoms with E-state index < -0.39 is 5.97 Å². The van der Waals surface area contributed by atoms with Crippen molar-refractivity contribution in [3.05, 3.63) is 71.5 Å². The lowest BCUT2D eigenvalue weighted by molar-refractivity contribution is 0.0593. The summed E-state index contributed by atoms with van der Waals surface area (Å²) in [6.45, 7) is 2.06. The molecule has 5 heteroatoms. The molecular weight excluding hydrogens is 314 g/mol. The highest BCUT2D eigenvalue weighted by Gasteiger charge is 2.21. The molecule has 0 spiro atoms. The minimum absolute atomic E-state index is 0.123. The molecule has 0 bridgehead atoms. The third-order valence-electron chi connectivity index (χ3n) is 4.15. The Kier molecular flexibility index (Phi) is 4.27. The summed E-state index contributed by atoms with van der Waals surface area (Å²) < 4.78 is 6.38. The molecule has 5 nitrogen and oxygen atoms in total. The summed E-state index contributed by atoms with van der Waals surface area (Å²) in [6, 6.07) is 17.8. The Labute approximate surface area is 145 Å². The quantitative estimate of drug-likeness (QED) is 0.742. The van der Waals surface area contributed by atoms with Gasteiger partial charge in [0.1, 0.15) is 6.07 Å². The Hall–Kier alpha value is -3.52. The number of benzene rings is 2. The Morgan fingerprint density at radius 2 is 1.84 bits per heavy atom. The zero-order valence-corrected chi connectivity index (χ0v) is 14.0. The predicted octanol–water partition coefficient (Wildman–Crippen LogP) is 3.69. The second-order valence-corrected chi connectivity index (χ2v) is 5.64. The van der Waals surface area contributed by atoms with Crippen LogP contribution in [-0.2, 0) is 4.74 Å². The van der Waals surface area contributed by atoms with Crippen molar-refractivity contribution in [1.29, 1.82) is 5.26 Å². The number of esters is 1. The fourth-order valence-electron chi connectivity index (χ4n) is 2.82. The molecule has 0 aliphatic rings. The summed E-state index contributed by atoms with van der Waals surface area (Å²) in [7, 11) is 1.28. The molecule has 0 fully saturated rings. The molecule has 1 aromatic heterocycles. The van der Waals surface area contributed by atoms with Crippen molar-refractivity contribution in [2.75, 3.05) is 12.8 Å². The van der Waals surface area contributed by atoms with E-state index in [1.165, 1.54) is 12.7 Å². The number of anilines is 1. The number of nitrogens with two attached hydrogens (primary N) is 1. The molecule has 0 saturated heterocycles. The second kappa shape index (κ2) is 6.54. The van der Waals surface area contributed by atoms with Gasteiger partial charge in [-0.1, -0.05) is 36.4 Å². The van der Waals surface area contributed by atoms with E-state index in [0.29, 0.717) is 0 Å². The number of hydrogen-bond acceptors (Lipinski definition) is 4. The van der Waals surface area contributed by atoms with Gasteiger partial charge in [-0.15, -0.1) is 0 Å². The molecule has 0 aliphatic carbocycles. The summed E-state index contributed by atoms with van der Waals surface area (Å²) in [4.78, 5) is 12.1. The minimum Gasteiger partial charge on any atom is -0.464 e. The van der Waals surface area contributed by atoms with Crippen LogP contribution in [0.4, 0.5) is 5.69 Å². The first-order valence-corrected chi connectivity index (χ1v) is 7.72. The Morgan fingerprint density at radius 3 is 2.44 bits per heavy atom. The molecule has 25 heavy (non-hydrogen) atoms. The number of carbonyl (C=O) groups excluding carboxylic acids is 1. The van der Waals surface area contributed by atoms with Crippen molar-refractivity contribution >= 4 is 11.7 Å². The first-order chi connectivity index (χ1) is 12.1. The van der Waals surface area contributed by atoms with Crippen LogP contribution in [-0.4, -0.2) is 17.6 Å². The SMILES string of the molecule is COC(=O)c1c(N)c(C#N)cn1-c1ccc(-c2ccccc2C)cc1. The van der Waals surface area contributed by atoms with Crippen molar-refractivity contribution in [2.45, 2.75) is 6.92 Å². The number of nitriles is 1. The molecule has 0 atom stereocenters. The largest absolute Gasteiger partial charge is 0.464 e. The van der Waals surface area contributed by atoms with Crippen molar-refractivity contribution in [3.8, 4) is 22.9 Å². The average Bonchev–Trinajstić information content (AvgIpc) is 2.98. The molecule has 2 N–H and O–H groups in total. The van der Waals surface area contributed by atoms with Crippen molar-refractivity contribution in [3.63, 3.8) is 0 Å². The summed E-state index contributed by atoms with van der Waals surface area (Å²) >= 11 is 0. The van der Waals surface area contributed by atoms with Crippen LogP contribution in [0.15, 0.2) is 54.7 Å². The minimum atomic E-state index is -0.581. The Bertz CT molecular complexity index is 979. The number of rotatable bonds is 3. The normalized spacial score (nSPS) is 10.3. The molecule has 3 aromatic rings. The van der Waals surface area contributed by atoms with E-state index in [1.54, 1.807) is 10.8 Å². The molecule has 0 amide bonds. The summed E-state index contributed by atoms with van der Waals surface area (Å²) in [6.07, 6.45) is 1.55. The van der Waals surface area contributed by atoms with Crippen molar-refractivity contribution in [2.24, 2.45) is 0 Å². The number of nitrogen functional groups attached to an aromatic ring is 1. The number of methoxy groups -OCH3 is 1. The third-order valence-corrected chi connectivity index (χ3v) is 4.15. The smallest absolute Gasteiger partial charge is 0.357 e. The highest BCUT2D eigenvalue weighted by Crippen LogP contribution is 2.27. The summed E-state index contributed by atoms with van der Waals surface area (Å²) in [5, 5.41) is 9.19. The molecule has 2 aromatic carbocycles. The second-order valence-electron chi connectivity index (χ2n) is 5.64. The fourth-order valence-corrected chi connectivity index (χ4v) is 2.82. The van der Waals surface area contributed by atoms with Crippen LogP contribution in [0.25, 0.3) is 16.8 Å². The number of aromatic nitrogens is 1. The average molecular weight is 331 g/mol. The van der Waals surface area contributed by atoms with E-state index in [9.17, 15) is 10.1 Å². The van der Waals surface area contributed by atoms with Gasteiger partial charge in [-0.25, -0.2) is 4.79 Å². The fraction of sp³-hybridized carbons (Fsp3) is 0.100. The molecule has 0 radical (unpaired) electrons. The van der Waals surface area contributed by atoms with E-state index in [4.69, 9.17) is 10.5 Å². The maximum Gasteiger partial charge on any atom is 0.357 e. The maximum atomic E-state index is 12.1. The number of nitrogens with zero attached hydrogens (tertiary/aromatic N) is 2. The molecule has 1 heterocycles. The van der Waals surface area contributed by atoms with Crippen LogP contribution in [0.5, 0.6) is 0 Å². The zero-order chi connectivity index (χ0) is 18.0. The van der Waals surface area contributed by atoms with Gasteiger partial charge in [0.2, 0.25) is 0 Å². The van der Waals surface area contributed by atoms with Gasteiger partial charge in [0.25, 0.3) is 0 Å².